The van der Waals surface area contributed by atoms with Crippen LogP contribution in [-0.2, 0) is 11.3 Å². The Balaban J connectivity index is 2.29. The number of hydrogen-bond acceptors (Lipinski definition) is 3. The second kappa shape index (κ2) is 7.45. The molecular formula is C18H19NO4. The molecule has 2 aromatic carbocycles. The highest BCUT2D eigenvalue weighted by Crippen LogP contribution is 2.20. The number of aryl methyl sites for hydroxylation is 1. The third-order valence-electron chi connectivity index (χ3n) is 3.60. The molecule has 0 heterocycles. The number of carboxylic acids is 2. The summed E-state index contributed by atoms with van der Waals surface area (Å²) in [6.45, 7) is 2.64. The third-order valence-corrected chi connectivity index (χ3v) is 3.60. The smallest absolute Gasteiger partial charge is 0.336 e. The maximum Gasteiger partial charge on any atom is 0.336 e. The minimum absolute atomic E-state index is 0.0108. The van der Waals surface area contributed by atoms with E-state index >= 15 is 0 Å². The van der Waals surface area contributed by atoms with Crippen molar-refractivity contribution in [3.8, 4) is 0 Å². The molecule has 23 heavy (non-hydrogen) atoms. The zero-order valence-electron chi connectivity index (χ0n) is 12.9. The Kier molecular flexibility index (Phi) is 5.36. The van der Waals surface area contributed by atoms with Gasteiger partial charge in [-0.3, -0.25) is 4.79 Å². The SMILES string of the molecule is Cc1ccc(N(CCC(=O)O)Cc2ccccc2C(=O)O)cc1. The van der Waals surface area contributed by atoms with Crippen molar-refractivity contribution in [1.29, 1.82) is 0 Å². The van der Waals surface area contributed by atoms with Gasteiger partial charge >= 0.3 is 11.9 Å². The van der Waals surface area contributed by atoms with Crippen LogP contribution in [0.4, 0.5) is 5.69 Å². The van der Waals surface area contributed by atoms with Crippen molar-refractivity contribution in [3.63, 3.8) is 0 Å². The number of rotatable bonds is 7. The van der Waals surface area contributed by atoms with E-state index in [4.69, 9.17) is 5.11 Å². The quantitative estimate of drug-likeness (QED) is 0.821. The van der Waals surface area contributed by atoms with Crippen molar-refractivity contribution >= 4 is 17.6 Å². The molecule has 0 aliphatic heterocycles. The highest BCUT2D eigenvalue weighted by Gasteiger charge is 2.14. The van der Waals surface area contributed by atoms with Gasteiger partial charge < -0.3 is 15.1 Å². The molecule has 0 spiro atoms. The van der Waals surface area contributed by atoms with Crippen LogP contribution in [0.5, 0.6) is 0 Å². The summed E-state index contributed by atoms with van der Waals surface area (Å²) in [4.78, 5) is 24.1. The van der Waals surface area contributed by atoms with Crippen molar-refractivity contribution < 1.29 is 19.8 Å². The summed E-state index contributed by atoms with van der Waals surface area (Å²) < 4.78 is 0. The first-order chi connectivity index (χ1) is 11.0. The molecule has 0 amide bonds. The fraction of sp³-hybridized carbons (Fsp3) is 0.222. The zero-order chi connectivity index (χ0) is 16.8. The van der Waals surface area contributed by atoms with Crippen LogP contribution in [0.2, 0.25) is 0 Å². The van der Waals surface area contributed by atoms with E-state index in [1.165, 1.54) is 0 Å². The monoisotopic (exact) mass is 313 g/mol. The number of anilines is 1. The Morgan fingerprint density at radius 3 is 2.26 bits per heavy atom. The van der Waals surface area contributed by atoms with E-state index in [1.807, 2.05) is 36.1 Å². The predicted octanol–water partition coefficient (Wildman–Crippen LogP) is 3.17. The standard InChI is InChI=1S/C18H19NO4/c1-13-6-8-15(9-7-13)19(11-10-17(20)21)12-14-4-2-3-5-16(14)18(22)23/h2-9H,10-12H2,1H3,(H,20,21)(H,22,23). The second-order valence-electron chi connectivity index (χ2n) is 5.36. The largest absolute Gasteiger partial charge is 0.481 e. The van der Waals surface area contributed by atoms with Crippen molar-refractivity contribution in [2.24, 2.45) is 0 Å². The summed E-state index contributed by atoms with van der Waals surface area (Å²) in [5.41, 5.74) is 2.88. The minimum Gasteiger partial charge on any atom is -0.481 e. The van der Waals surface area contributed by atoms with Crippen LogP contribution in [0, 0.1) is 6.92 Å². The number of nitrogens with zero attached hydrogens (tertiary/aromatic N) is 1. The van der Waals surface area contributed by atoms with Crippen molar-refractivity contribution in [2.45, 2.75) is 19.9 Å². The minimum atomic E-state index is -0.984. The average Bonchev–Trinajstić information content (AvgIpc) is 2.52. The van der Waals surface area contributed by atoms with Gasteiger partial charge in [0.15, 0.2) is 0 Å². The first-order valence-corrected chi connectivity index (χ1v) is 7.32. The van der Waals surface area contributed by atoms with Crippen molar-refractivity contribution in [3.05, 3.63) is 65.2 Å². The maximum absolute atomic E-state index is 11.3. The number of carbonyl (C=O) groups is 2. The molecule has 2 rings (SSSR count). The zero-order valence-corrected chi connectivity index (χ0v) is 12.9. The number of hydrogen-bond donors (Lipinski definition) is 2. The lowest BCUT2D eigenvalue weighted by atomic mass is 10.1. The highest BCUT2D eigenvalue weighted by molar-refractivity contribution is 5.89. The summed E-state index contributed by atoms with van der Waals surface area (Å²) in [7, 11) is 0. The van der Waals surface area contributed by atoms with E-state index in [2.05, 4.69) is 0 Å². The molecule has 5 nitrogen and oxygen atoms in total. The second-order valence-corrected chi connectivity index (χ2v) is 5.36. The van der Waals surface area contributed by atoms with Gasteiger partial charge in [0.25, 0.3) is 0 Å². The molecule has 0 bridgehead atoms. The van der Waals surface area contributed by atoms with Crippen LogP contribution in [-0.4, -0.2) is 28.7 Å². The molecule has 2 N–H and O–H groups in total. The summed E-state index contributed by atoms with van der Waals surface area (Å²) in [5.74, 6) is -1.86. The normalized spacial score (nSPS) is 10.3. The summed E-state index contributed by atoms with van der Waals surface area (Å²) in [6.07, 6.45) is -0.0108. The van der Waals surface area contributed by atoms with E-state index < -0.39 is 11.9 Å². The van der Waals surface area contributed by atoms with Crippen LogP contribution in [0.15, 0.2) is 48.5 Å². The Labute approximate surface area is 134 Å². The van der Waals surface area contributed by atoms with Gasteiger partial charge in [0.1, 0.15) is 0 Å². The molecule has 0 saturated carbocycles. The van der Waals surface area contributed by atoms with Gasteiger partial charge in [0, 0.05) is 18.8 Å². The lowest BCUT2D eigenvalue weighted by molar-refractivity contribution is -0.136. The number of aromatic carboxylic acids is 1. The van der Waals surface area contributed by atoms with Gasteiger partial charge in [-0.15, -0.1) is 0 Å². The molecule has 0 aromatic heterocycles. The van der Waals surface area contributed by atoms with Crippen LogP contribution in [0.25, 0.3) is 0 Å². The van der Waals surface area contributed by atoms with E-state index in [-0.39, 0.29) is 12.0 Å². The molecule has 2 aromatic rings. The summed E-state index contributed by atoms with van der Waals surface area (Å²) in [6, 6.07) is 14.5. The molecular weight excluding hydrogens is 294 g/mol. The topological polar surface area (TPSA) is 77.8 Å². The van der Waals surface area contributed by atoms with Crippen molar-refractivity contribution in [1.82, 2.24) is 0 Å². The average molecular weight is 313 g/mol. The lowest BCUT2D eigenvalue weighted by Gasteiger charge is -2.25. The molecule has 0 saturated heterocycles. The van der Waals surface area contributed by atoms with Crippen LogP contribution in [0.3, 0.4) is 0 Å². The number of carboxylic acid groups (broad SMARTS) is 2. The van der Waals surface area contributed by atoms with E-state index in [1.54, 1.807) is 24.3 Å². The Hall–Kier alpha value is -2.82. The fourth-order valence-electron chi connectivity index (χ4n) is 2.36. The maximum atomic E-state index is 11.3. The molecule has 0 fully saturated rings. The molecule has 0 radical (unpaired) electrons. The fourth-order valence-corrected chi connectivity index (χ4v) is 2.36. The van der Waals surface area contributed by atoms with Gasteiger partial charge in [-0.1, -0.05) is 35.9 Å². The summed E-state index contributed by atoms with van der Waals surface area (Å²) >= 11 is 0. The van der Waals surface area contributed by atoms with Gasteiger partial charge in [-0.25, -0.2) is 4.79 Å². The predicted molar refractivity (Wildman–Crippen MR) is 87.9 cm³/mol. The van der Waals surface area contributed by atoms with Gasteiger partial charge in [-0.05, 0) is 30.7 Å². The van der Waals surface area contributed by atoms with Gasteiger partial charge in [0.05, 0.1) is 12.0 Å². The first kappa shape index (κ1) is 16.5. The highest BCUT2D eigenvalue weighted by atomic mass is 16.4. The van der Waals surface area contributed by atoms with Crippen LogP contribution >= 0.6 is 0 Å². The molecule has 0 atom stereocenters. The third kappa shape index (κ3) is 4.57. The molecule has 5 heteroatoms. The van der Waals surface area contributed by atoms with Gasteiger partial charge in [-0.2, -0.15) is 0 Å². The number of benzene rings is 2. The van der Waals surface area contributed by atoms with Crippen molar-refractivity contribution in [2.75, 3.05) is 11.4 Å². The molecule has 0 unspecified atom stereocenters. The molecule has 120 valence electrons. The van der Waals surface area contributed by atoms with E-state index in [0.717, 1.165) is 11.3 Å². The Morgan fingerprint density at radius 1 is 1.00 bits per heavy atom. The Morgan fingerprint density at radius 2 is 1.65 bits per heavy atom. The number of aliphatic carboxylic acids is 1. The van der Waals surface area contributed by atoms with Crippen LogP contribution in [0.1, 0.15) is 27.9 Å². The molecule has 0 aliphatic rings. The van der Waals surface area contributed by atoms with E-state index in [0.29, 0.717) is 18.7 Å². The van der Waals surface area contributed by atoms with Crippen LogP contribution < -0.4 is 4.90 Å². The summed E-state index contributed by atoms with van der Waals surface area (Å²) in [5, 5.41) is 18.2. The Bertz CT molecular complexity index is 694. The molecule has 0 aliphatic carbocycles. The van der Waals surface area contributed by atoms with Gasteiger partial charge in [0.2, 0.25) is 0 Å². The lowest BCUT2D eigenvalue weighted by Crippen LogP contribution is -2.26. The van der Waals surface area contributed by atoms with E-state index in [9.17, 15) is 14.7 Å². The first-order valence-electron chi connectivity index (χ1n) is 7.32.